The zero-order chi connectivity index (χ0) is 14.0. The molecule has 1 heterocycles. The smallest absolute Gasteiger partial charge is 0.310 e. The summed E-state index contributed by atoms with van der Waals surface area (Å²) in [5.74, 6) is 1.41. The SMILES string of the molecule is CC(C)c1ccccc1NC(=O)N1CCSC1(C)C. The molecule has 3 nitrogen and oxygen atoms in total. The average molecular weight is 278 g/mol. The van der Waals surface area contributed by atoms with E-state index in [-0.39, 0.29) is 10.9 Å². The predicted molar refractivity (Wildman–Crippen MR) is 82.8 cm³/mol. The molecular formula is C15H22N2OS. The summed E-state index contributed by atoms with van der Waals surface area (Å²) in [6, 6.07) is 8.03. The standard InChI is InChI=1S/C15H22N2OS/c1-11(2)12-7-5-6-8-13(12)16-14(18)17-9-10-19-15(17,3)4/h5-8,11H,9-10H2,1-4H3,(H,16,18). The number of amides is 2. The van der Waals surface area contributed by atoms with Crippen molar-refractivity contribution in [1.82, 2.24) is 4.90 Å². The Labute approximate surface area is 119 Å². The van der Waals surface area contributed by atoms with Crippen molar-refractivity contribution in [3.05, 3.63) is 29.8 Å². The van der Waals surface area contributed by atoms with Crippen LogP contribution in [-0.4, -0.2) is 28.1 Å². The zero-order valence-electron chi connectivity index (χ0n) is 12.1. The number of benzene rings is 1. The summed E-state index contributed by atoms with van der Waals surface area (Å²) in [7, 11) is 0. The van der Waals surface area contributed by atoms with Gasteiger partial charge in [0.25, 0.3) is 0 Å². The van der Waals surface area contributed by atoms with E-state index in [4.69, 9.17) is 0 Å². The van der Waals surface area contributed by atoms with Crippen LogP contribution in [0.1, 0.15) is 39.2 Å². The van der Waals surface area contributed by atoms with Gasteiger partial charge in [-0.2, -0.15) is 0 Å². The molecule has 0 aliphatic carbocycles. The number of carbonyl (C=O) groups excluding carboxylic acids is 1. The maximum Gasteiger partial charge on any atom is 0.322 e. The van der Waals surface area contributed by atoms with Crippen LogP contribution in [0.15, 0.2) is 24.3 Å². The molecule has 104 valence electrons. The Hall–Kier alpha value is -1.16. The van der Waals surface area contributed by atoms with Gasteiger partial charge >= 0.3 is 6.03 Å². The fourth-order valence-corrected chi connectivity index (χ4v) is 3.48. The number of para-hydroxylation sites is 1. The second-order valence-electron chi connectivity index (χ2n) is 5.62. The van der Waals surface area contributed by atoms with E-state index in [1.54, 1.807) is 0 Å². The van der Waals surface area contributed by atoms with Crippen LogP contribution >= 0.6 is 11.8 Å². The summed E-state index contributed by atoms with van der Waals surface area (Å²) in [6.07, 6.45) is 0. The molecule has 0 atom stereocenters. The summed E-state index contributed by atoms with van der Waals surface area (Å²) in [4.78, 5) is 14.2. The molecular weight excluding hydrogens is 256 g/mol. The fourth-order valence-electron chi connectivity index (χ4n) is 2.38. The molecule has 0 unspecified atom stereocenters. The number of urea groups is 1. The van der Waals surface area contributed by atoms with Crippen molar-refractivity contribution < 1.29 is 4.79 Å². The normalized spacial score (nSPS) is 17.8. The Bertz CT molecular complexity index is 471. The number of rotatable bonds is 2. The molecule has 2 amide bonds. The van der Waals surface area contributed by atoms with Gasteiger partial charge in [-0.15, -0.1) is 11.8 Å². The van der Waals surface area contributed by atoms with Crippen molar-refractivity contribution in [1.29, 1.82) is 0 Å². The number of nitrogens with zero attached hydrogens (tertiary/aromatic N) is 1. The van der Waals surface area contributed by atoms with Crippen LogP contribution in [0.5, 0.6) is 0 Å². The van der Waals surface area contributed by atoms with Gasteiger partial charge in [0.05, 0.1) is 4.87 Å². The number of hydrogen-bond acceptors (Lipinski definition) is 2. The molecule has 0 bridgehead atoms. The van der Waals surface area contributed by atoms with E-state index in [9.17, 15) is 4.79 Å². The van der Waals surface area contributed by atoms with Crippen molar-refractivity contribution in [2.45, 2.75) is 38.5 Å². The van der Waals surface area contributed by atoms with E-state index in [1.165, 1.54) is 5.56 Å². The quantitative estimate of drug-likeness (QED) is 0.882. The third-order valence-corrected chi connectivity index (χ3v) is 4.80. The highest BCUT2D eigenvalue weighted by Crippen LogP contribution is 2.35. The first-order valence-corrected chi connectivity index (χ1v) is 7.72. The lowest BCUT2D eigenvalue weighted by Gasteiger charge is -2.31. The second-order valence-corrected chi connectivity index (χ2v) is 7.31. The third-order valence-electron chi connectivity index (χ3n) is 3.49. The molecule has 0 radical (unpaired) electrons. The molecule has 19 heavy (non-hydrogen) atoms. The second kappa shape index (κ2) is 5.45. The van der Waals surface area contributed by atoms with E-state index in [2.05, 4.69) is 39.1 Å². The van der Waals surface area contributed by atoms with E-state index in [1.807, 2.05) is 34.9 Å². The van der Waals surface area contributed by atoms with Gasteiger partial charge in [-0.1, -0.05) is 32.0 Å². The monoisotopic (exact) mass is 278 g/mol. The fraction of sp³-hybridized carbons (Fsp3) is 0.533. The lowest BCUT2D eigenvalue weighted by molar-refractivity contribution is 0.198. The van der Waals surface area contributed by atoms with Crippen molar-refractivity contribution in [3.63, 3.8) is 0 Å². The number of carbonyl (C=O) groups is 1. The van der Waals surface area contributed by atoms with Gasteiger partial charge in [-0.05, 0) is 31.4 Å². The van der Waals surface area contributed by atoms with Gasteiger partial charge in [0.1, 0.15) is 0 Å². The van der Waals surface area contributed by atoms with Crippen LogP contribution in [0.3, 0.4) is 0 Å². The van der Waals surface area contributed by atoms with E-state index < -0.39 is 0 Å². The molecule has 2 rings (SSSR count). The van der Waals surface area contributed by atoms with Gasteiger partial charge in [0.15, 0.2) is 0 Å². The Morgan fingerprint density at radius 1 is 1.37 bits per heavy atom. The highest BCUT2D eigenvalue weighted by molar-refractivity contribution is 8.00. The lowest BCUT2D eigenvalue weighted by atomic mass is 10.0. The van der Waals surface area contributed by atoms with Crippen molar-refractivity contribution in [2.75, 3.05) is 17.6 Å². The van der Waals surface area contributed by atoms with Gasteiger partial charge in [-0.25, -0.2) is 4.79 Å². The van der Waals surface area contributed by atoms with Crippen LogP contribution in [0.25, 0.3) is 0 Å². The maximum atomic E-state index is 12.4. The topological polar surface area (TPSA) is 32.3 Å². The van der Waals surface area contributed by atoms with Gasteiger partial charge in [-0.3, -0.25) is 0 Å². The van der Waals surface area contributed by atoms with Gasteiger partial charge < -0.3 is 10.2 Å². The largest absolute Gasteiger partial charge is 0.322 e. The van der Waals surface area contributed by atoms with Crippen LogP contribution < -0.4 is 5.32 Å². The molecule has 1 saturated heterocycles. The molecule has 1 N–H and O–H groups in total. The van der Waals surface area contributed by atoms with Crippen molar-refractivity contribution >= 4 is 23.5 Å². The molecule has 1 aliphatic heterocycles. The number of nitrogens with one attached hydrogen (secondary N) is 1. The number of thioether (sulfide) groups is 1. The van der Waals surface area contributed by atoms with Crippen molar-refractivity contribution in [3.8, 4) is 0 Å². The van der Waals surface area contributed by atoms with E-state index >= 15 is 0 Å². The van der Waals surface area contributed by atoms with Crippen molar-refractivity contribution in [2.24, 2.45) is 0 Å². The minimum atomic E-state index is -0.114. The summed E-state index contributed by atoms with van der Waals surface area (Å²) < 4.78 is 0. The van der Waals surface area contributed by atoms with Crippen LogP contribution in [-0.2, 0) is 0 Å². The molecule has 0 saturated carbocycles. The highest BCUT2D eigenvalue weighted by atomic mass is 32.2. The lowest BCUT2D eigenvalue weighted by Crippen LogP contribution is -2.43. The van der Waals surface area contributed by atoms with Gasteiger partial charge in [0.2, 0.25) is 0 Å². The first-order chi connectivity index (χ1) is 8.92. The van der Waals surface area contributed by atoms with Crippen LogP contribution in [0.4, 0.5) is 10.5 Å². The summed E-state index contributed by atoms with van der Waals surface area (Å²) in [5, 5.41) is 3.06. The van der Waals surface area contributed by atoms with E-state index in [0.29, 0.717) is 5.92 Å². The Balaban J connectivity index is 2.16. The molecule has 1 aliphatic rings. The molecule has 1 aromatic rings. The molecule has 1 aromatic carbocycles. The molecule has 0 aromatic heterocycles. The highest BCUT2D eigenvalue weighted by Gasteiger charge is 2.36. The summed E-state index contributed by atoms with van der Waals surface area (Å²) in [5.41, 5.74) is 2.11. The van der Waals surface area contributed by atoms with E-state index in [0.717, 1.165) is 18.0 Å². The van der Waals surface area contributed by atoms with Crippen LogP contribution in [0, 0.1) is 0 Å². The number of anilines is 1. The third kappa shape index (κ3) is 3.06. The zero-order valence-corrected chi connectivity index (χ0v) is 12.9. The molecule has 0 spiro atoms. The first-order valence-electron chi connectivity index (χ1n) is 6.73. The Kier molecular flexibility index (Phi) is 4.09. The average Bonchev–Trinajstić information content (AvgIpc) is 2.69. The molecule has 4 heteroatoms. The maximum absolute atomic E-state index is 12.4. The Morgan fingerprint density at radius 2 is 2.05 bits per heavy atom. The summed E-state index contributed by atoms with van der Waals surface area (Å²) in [6.45, 7) is 9.28. The van der Waals surface area contributed by atoms with Crippen LogP contribution in [0.2, 0.25) is 0 Å². The number of hydrogen-bond donors (Lipinski definition) is 1. The first kappa shape index (κ1) is 14.3. The summed E-state index contributed by atoms with van der Waals surface area (Å²) >= 11 is 1.82. The molecule has 1 fully saturated rings. The minimum absolute atomic E-state index is 0.00287. The Morgan fingerprint density at radius 3 is 2.63 bits per heavy atom. The van der Waals surface area contributed by atoms with Gasteiger partial charge in [0, 0.05) is 18.0 Å². The minimum Gasteiger partial charge on any atom is -0.310 e. The predicted octanol–water partition coefficient (Wildman–Crippen LogP) is 4.13.